The number of likely N-dealkylation sites (tertiary alicyclic amines) is 1. The molecule has 1 aliphatic heterocycles. The number of rotatable bonds is 2. The van der Waals surface area contributed by atoms with Gasteiger partial charge in [-0.1, -0.05) is 12.8 Å². The molecule has 0 bridgehead atoms. The van der Waals surface area contributed by atoms with Gasteiger partial charge < -0.3 is 10.6 Å². The average Bonchev–Trinajstić information content (AvgIpc) is 3.10. The van der Waals surface area contributed by atoms with Crippen molar-refractivity contribution in [1.29, 1.82) is 0 Å². The molecule has 2 fully saturated rings. The first-order chi connectivity index (χ1) is 9.66. The van der Waals surface area contributed by atoms with Crippen molar-refractivity contribution in [2.45, 2.75) is 44.6 Å². The van der Waals surface area contributed by atoms with Crippen LogP contribution in [0.15, 0.2) is 18.2 Å². The fraction of sp³-hybridized carbons (Fsp3) is 0.562. The van der Waals surface area contributed by atoms with E-state index in [4.69, 9.17) is 5.73 Å². The van der Waals surface area contributed by atoms with Gasteiger partial charge in [0.1, 0.15) is 5.82 Å². The summed E-state index contributed by atoms with van der Waals surface area (Å²) in [4.78, 5) is 14.6. The number of carbonyl (C=O) groups excluding carboxylic acids is 1. The Kier molecular flexibility index (Phi) is 3.64. The standard InChI is InChI=1S/C16H21FN2O/c17-13-8-7-12(10-14(13)18)16(20)19-9-3-6-15(19)11-4-1-2-5-11/h7-8,10-11,15H,1-6,9,18H2. The Labute approximate surface area is 118 Å². The summed E-state index contributed by atoms with van der Waals surface area (Å²) in [6.45, 7) is 0.817. The lowest BCUT2D eigenvalue weighted by molar-refractivity contribution is 0.0689. The summed E-state index contributed by atoms with van der Waals surface area (Å²) in [5.74, 6) is 0.195. The van der Waals surface area contributed by atoms with E-state index in [-0.39, 0.29) is 11.6 Å². The van der Waals surface area contributed by atoms with Crippen molar-refractivity contribution in [2.75, 3.05) is 12.3 Å². The molecule has 1 saturated carbocycles. The van der Waals surface area contributed by atoms with Crippen LogP contribution >= 0.6 is 0 Å². The summed E-state index contributed by atoms with van der Waals surface area (Å²) in [7, 11) is 0. The molecule has 1 atom stereocenters. The van der Waals surface area contributed by atoms with Gasteiger partial charge in [-0.25, -0.2) is 4.39 Å². The second-order valence-electron chi connectivity index (χ2n) is 5.99. The van der Waals surface area contributed by atoms with Gasteiger partial charge >= 0.3 is 0 Å². The van der Waals surface area contributed by atoms with Gasteiger partial charge in [-0.15, -0.1) is 0 Å². The van der Waals surface area contributed by atoms with Crippen molar-refractivity contribution >= 4 is 11.6 Å². The molecule has 1 aromatic rings. The number of hydrogen-bond acceptors (Lipinski definition) is 2. The molecule has 1 unspecified atom stereocenters. The summed E-state index contributed by atoms with van der Waals surface area (Å²) in [5.41, 5.74) is 6.12. The molecule has 1 amide bonds. The van der Waals surface area contributed by atoms with Crippen LogP contribution in [-0.4, -0.2) is 23.4 Å². The number of amides is 1. The van der Waals surface area contributed by atoms with Crippen molar-refractivity contribution in [1.82, 2.24) is 4.90 Å². The van der Waals surface area contributed by atoms with Gasteiger partial charge in [0.05, 0.1) is 5.69 Å². The molecule has 3 nitrogen and oxygen atoms in total. The SMILES string of the molecule is Nc1cc(C(=O)N2CCCC2C2CCCC2)ccc1F. The Hall–Kier alpha value is -1.58. The fourth-order valence-corrected chi connectivity index (χ4v) is 3.72. The molecule has 2 N–H and O–H groups in total. The van der Waals surface area contributed by atoms with Crippen molar-refractivity contribution in [2.24, 2.45) is 5.92 Å². The van der Waals surface area contributed by atoms with Gasteiger partial charge in [0, 0.05) is 18.2 Å². The number of anilines is 1. The number of nitrogens with two attached hydrogens (primary N) is 1. The highest BCUT2D eigenvalue weighted by molar-refractivity contribution is 5.95. The van der Waals surface area contributed by atoms with Crippen LogP contribution in [0.3, 0.4) is 0 Å². The van der Waals surface area contributed by atoms with Crippen LogP contribution in [-0.2, 0) is 0 Å². The number of nitrogen functional groups attached to an aromatic ring is 1. The summed E-state index contributed by atoms with van der Waals surface area (Å²) < 4.78 is 13.2. The van der Waals surface area contributed by atoms with E-state index in [1.54, 1.807) is 0 Å². The molecule has 1 aromatic carbocycles. The van der Waals surface area contributed by atoms with Crippen LogP contribution in [0.5, 0.6) is 0 Å². The van der Waals surface area contributed by atoms with Crippen molar-refractivity contribution in [3.63, 3.8) is 0 Å². The molecule has 0 aromatic heterocycles. The average molecular weight is 276 g/mol. The molecule has 0 radical (unpaired) electrons. The first-order valence-electron chi connectivity index (χ1n) is 7.53. The predicted molar refractivity (Wildman–Crippen MR) is 76.8 cm³/mol. The van der Waals surface area contributed by atoms with Crippen molar-refractivity contribution in [3.8, 4) is 0 Å². The first kappa shape index (κ1) is 13.4. The van der Waals surface area contributed by atoms with Gasteiger partial charge in [0.2, 0.25) is 0 Å². The molecule has 1 heterocycles. The third-order valence-electron chi connectivity index (χ3n) is 4.75. The van der Waals surface area contributed by atoms with E-state index >= 15 is 0 Å². The summed E-state index contributed by atoms with van der Waals surface area (Å²) in [6, 6.07) is 4.65. The zero-order valence-corrected chi connectivity index (χ0v) is 11.6. The molecular formula is C16H21FN2O. The Balaban J connectivity index is 1.79. The highest BCUT2D eigenvalue weighted by atomic mass is 19.1. The first-order valence-corrected chi connectivity index (χ1v) is 7.53. The summed E-state index contributed by atoms with van der Waals surface area (Å²) in [6.07, 6.45) is 7.22. The lowest BCUT2D eigenvalue weighted by atomic mass is 9.95. The topological polar surface area (TPSA) is 46.3 Å². The van der Waals surface area contributed by atoms with Crippen molar-refractivity contribution < 1.29 is 9.18 Å². The van der Waals surface area contributed by atoms with Crippen LogP contribution in [0.25, 0.3) is 0 Å². The van der Waals surface area contributed by atoms with Crippen LogP contribution in [0.4, 0.5) is 10.1 Å². The molecule has 2 aliphatic rings. The quantitative estimate of drug-likeness (QED) is 0.843. The maximum absolute atomic E-state index is 13.2. The molecular weight excluding hydrogens is 255 g/mol. The van der Waals surface area contributed by atoms with Crippen LogP contribution < -0.4 is 5.73 Å². The van der Waals surface area contributed by atoms with Crippen LogP contribution in [0, 0.1) is 11.7 Å². The molecule has 108 valence electrons. The van der Waals surface area contributed by atoms with E-state index in [2.05, 4.69) is 0 Å². The molecule has 1 saturated heterocycles. The number of nitrogens with zero attached hydrogens (tertiary/aromatic N) is 1. The number of halogens is 1. The van der Waals surface area contributed by atoms with Gasteiger partial charge in [0.25, 0.3) is 5.91 Å². The zero-order valence-electron chi connectivity index (χ0n) is 11.6. The second-order valence-corrected chi connectivity index (χ2v) is 5.99. The fourth-order valence-electron chi connectivity index (χ4n) is 3.72. The van der Waals surface area contributed by atoms with E-state index in [0.29, 0.717) is 17.5 Å². The Morgan fingerprint density at radius 2 is 1.95 bits per heavy atom. The molecule has 0 spiro atoms. The third-order valence-corrected chi connectivity index (χ3v) is 4.75. The monoisotopic (exact) mass is 276 g/mol. The highest BCUT2D eigenvalue weighted by Gasteiger charge is 2.36. The zero-order chi connectivity index (χ0) is 14.1. The lowest BCUT2D eigenvalue weighted by Crippen LogP contribution is -2.39. The highest BCUT2D eigenvalue weighted by Crippen LogP contribution is 2.36. The van der Waals surface area contributed by atoms with Crippen LogP contribution in [0.1, 0.15) is 48.9 Å². The molecule has 3 rings (SSSR count). The smallest absolute Gasteiger partial charge is 0.254 e. The van der Waals surface area contributed by atoms with Gasteiger partial charge in [-0.2, -0.15) is 0 Å². The molecule has 20 heavy (non-hydrogen) atoms. The predicted octanol–water partition coefficient (Wildman–Crippen LogP) is 3.20. The van der Waals surface area contributed by atoms with Gasteiger partial charge in [-0.3, -0.25) is 4.79 Å². The summed E-state index contributed by atoms with van der Waals surface area (Å²) in [5, 5.41) is 0. The minimum absolute atomic E-state index is 0.00565. The normalized spacial score (nSPS) is 23.4. The summed E-state index contributed by atoms with van der Waals surface area (Å²) >= 11 is 0. The lowest BCUT2D eigenvalue weighted by Gasteiger charge is -2.29. The maximum atomic E-state index is 13.2. The Bertz CT molecular complexity index is 511. The maximum Gasteiger partial charge on any atom is 0.254 e. The second kappa shape index (κ2) is 5.43. The van der Waals surface area contributed by atoms with E-state index in [9.17, 15) is 9.18 Å². The van der Waals surface area contributed by atoms with E-state index < -0.39 is 5.82 Å². The Morgan fingerprint density at radius 1 is 1.20 bits per heavy atom. The van der Waals surface area contributed by atoms with E-state index in [1.165, 1.54) is 43.9 Å². The number of hydrogen-bond donors (Lipinski definition) is 1. The van der Waals surface area contributed by atoms with Gasteiger partial charge in [0.15, 0.2) is 0 Å². The third kappa shape index (κ3) is 2.39. The minimum Gasteiger partial charge on any atom is -0.396 e. The minimum atomic E-state index is -0.463. The largest absolute Gasteiger partial charge is 0.396 e. The van der Waals surface area contributed by atoms with Gasteiger partial charge in [-0.05, 0) is 49.8 Å². The molecule has 1 aliphatic carbocycles. The Morgan fingerprint density at radius 3 is 2.65 bits per heavy atom. The van der Waals surface area contributed by atoms with E-state index in [1.807, 2.05) is 4.90 Å². The van der Waals surface area contributed by atoms with E-state index in [0.717, 1.165) is 19.4 Å². The van der Waals surface area contributed by atoms with Crippen LogP contribution in [0.2, 0.25) is 0 Å². The number of benzene rings is 1. The van der Waals surface area contributed by atoms with Crippen molar-refractivity contribution in [3.05, 3.63) is 29.6 Å². The number of carbonyl (C=O) groups is 1. The molecule has 4 heteroatoms.